The van der Waals surface area contributed by atoms with E-state index >= 15 is 0 Å². The Morgan fingerprint density at radius 3 is 2.44 bits per heavy atom. The Bertz CT molecular complexity index is 1520. The van der Waals surface area contributed by atoms with Gasteiger partial charge in [-0.2, -0.15) is 0 Å². The fourth-order valence-corrected chi connectivity index (χ4v) is 4.62. The lowest BCUT2D eigenvalue weighted by Gasteiger charge is -2.16. The van der Waals surface area contributed by atoms with Crippen molar-refractivity contribution < 1.29 is 22.7 Å². The number of aliphatic imine (C=N–C) groups is 1. The maximum Gasteiger partial charge on any atom is 0.573 e. The number of nitrogens with one attached hydrogen (secondary N) is 2. The second-order valence-electron chi connectivity index (χ2n) is 9.32. The molecule has 0 atom stereocenters. The van der Waals surface area contributed by atoms with Crippen molar-refractivity contribution in [3.8, 4) is 22.8 Å². The highest BCUT2D eigenvalue weighted by Gasteiger charge is 2.31. The Balaban J connectivity index is 1.31. The van der Waals surface area contributed by atoms with E-state index in [4.69, 9.17) is 4.99 Å². The molecular formula is C30H32F3N7O2S. The van der Waals surface area contributed by atoms with Crippen molar-refractivity contribution in [3.05, 3.63) is 90.3 Å². The van der Waals surface area contributed by atoms with Crippen molar-refractivity contribution in [2.75, 3.05) is 20.1 Å². The molecule has 0 unspecified atom stereocenters. The fourth-order valence-electron chi connectivity index (χ4n) is 3.91. The van der Waals surface area contributed by atoms with Crippen molar-refractivity contribution in [2.45, 2.75) is 33.1 Å². The van der Waals surface area contributed by atoms with Crippen LogP contribution in [0, 0.1) is 0 Å². The first kappa shape index (κ1) is 31.6. The Morgan fingerprint density at radius 1 is 1.05 bits per heavy atom. The van der Waals surface area contributed by atoms with Crippen LogP contribution in [0.5, 0.6) is 5.75 Å². The van der Waals surface area contributed by atoms with Gasteiger partial charge in [0, 0.05) is 18.7 Å². The van der Waals surface area contributed by atoms with Gasteiger partial charge in [0.15, 0.2) is 11.0 Å². The summed E-state index contributed by atoms with van der Waals surface area (Å²) in [6.07, 6.45) is -1.82. The third-order valence-electron chi connectivity index (χ3n) is 6.24. The van der Waals surface area contributed by atoms with Gasteiger partial charge in [-0.1, -0.05) is 56.3 Å². The molecule has 226 valence electrons. The van der Waals surface area contributed by atoms with Crippen LogP contribution in [0.2, 0.25) is 0 Å². The summed E-state index contributed by atoms with van der Waals surface area (Å²) in [5.74, 6) is 0.152. The van der Waals surface area contributed by atoms with Gasteiger partial charge < -0.3 is 10.1 Å². The Labute approximate surface area is 252 Å². The minimum absolute atomic E-state index is 0.312. The number of carbonyl (C=O) groups is 1. The number of alkyl halides is 3. The van der Waals surface area contributed by atoms with Gasteiger partial charge in [-0.25, -0.2) is 23.8 Å². The number of hydrogen-bond acceptors (Lipinski definition) is 7. The van der Waals surface area contributed by atoms with E-state index in [9.17, 15) is 18.0 Å². The molecule has 13 heteroatoms. The number of amidine groups is 1. The largest absolute Gasteiger partial charge is 0.573 e. The monoisotopic (exact) mass is 611 g/mol. The Kier molecular flexibility index (Phi) is 10.8. The maximum absolute atomic E-state index is 12.7. The van der Waals surface area contributed by atoms with Gasteiger partial charge in [-0.05, 0) is 73.3 Å². The lowest BCUT2D eigenvalue weighted by Crippen LogP contribution is -2.40. The summed E-state index contributed by atoms with van der Waals surface area (Å²) < 4.78 is 44.5. The number of rotatable bonds is 10. The molecule has 43 heavy (non-hydrogen) atoms. The molecule has 1 heterocycles. The molecule has 0 aliphatic carbocycles. The van der Waals surface area contributed by atoms with Crippen LogP contribution in [0.15, 0.2) is 84.1 Å². The highest BCUT2D eigenvalue weighted by molar-refractivity contribution is 8.11. The van der Waals surface area contributed by atoms with Gasteiger partial charge in [-0.15, -0.1) is 18.3 Å². The average molecular weight is 612 g/mol. The predicted octanol–water partition coefficient (Wildman–Crippen LogP) is 6.52. The van der Waals surface area contributed by atoms with E-state index in [1.165, 1.54) is 47.2 Å². The summed E-state index contributed by atoms with van der Waals surface area (Å²) in [4.78, 5) is 21.7. The summed E-state index contributed by atoms with van der Waals surface area (Å²) in [6, 6.07) is 20.5. The van der Waals surface area contributed by atoms with Crippen LogP contribution in [0.1, 0.15) is 25.0 Å². The number of hydrogen-bond donors (Lipinski definition) is 2. The molecule has 0 aliphatic rings. The van der Waals surface area contributed by atoms with Crippen molar-refractivity contribution >= 4 is 28.8 Å². The maximum atomic E-state index is 12.7. The van der Waals surface area contributed by atoms with Crippen LogP contribution in [0.25, 0.3) is 17.1 Å². The number of aryl methyl sites for hydroxylation is 1. The number of amides is 2. The Morgan fingerprint density at radius 2 is 1.77 bits per heavy atom. The molecule has 2 amide bonds. The molecular weight excluding hydrogens is 579 g/mol. The van der Waals surface area contributed by atoms with Gasteiger partial charge >= 0.3 is 12.4 Å². The van der Waals surface area contributed by atoms with Crippen LogP contribution in [-0.2, 0) is 12.8 Å². The summed E-state index contributed by atoms with van der Waals surface area (Å²) >= 11 is 1.37. The number of aromatic nitrogens is 3. The highest BCUT2D eigenvalue weighted by Crippen LogP contribution is 2.24. The van der Waals surface area contributed by atoms with E-state index < -0.39 is 6.36 Å². The molecule has 0 saturated heterocycles. The predicted molar refractivity (Wildman–Crippen MR) is 163 cm³/mol. The van der Waals surface area contributed by atoms with Gasteiger partial charge in [0.05, 0.1) is 11.4 Å². The fraction of sp³-hybridized carbons (Fsp3) is 0.267. The molecule has 0 spiro atoms. The van der Waals surface area contributed by atoms with E-state index in [1.54, 1.807) is 0 Å². The van der Waals surface area contributed by atoms with Crippen molar-refractivity contribution in [3.63, 3.8) is 0 Å². The van der Waals surface area contributed by atoms with Crippen LogP contribution in [-0.4, -0.2) is 56.8 Å². The average Bonchev–Trinajstić information content (AvgIpc) is 3.47. The number of nitrogens with zero attached hydrogens (tertiary/aromatic N) is 5. The zero-order valence-corrected chi connectivity index (χ0v) is 24.7. The SMILES string of the molecule is CCc1ccccc1N=C(NC(=O)NCCc1ccc(-c2ncn(-c3ccc(OC(F)(F)F)cc3)n2)cc1)SN(C)CC. The lowest BCUT2D eigenvalue weighted by atomic mass is 10.1. The van der Waals surface area contributed by atoms with Crippen LogP contribution >= 0.6 is 11.9 Å². The topological polar surface area (TPSA) is 96.7 Å². The number of para-hydroxylation sites is 1. The molecule has 3 aromatic carbocycles. The highest BCUT2D eigenvalue weighted by atomic mass is 32.2. The molecule has 0 radical (unpaired) electrons. The molecule has 4 aromatic rings. The van der Waals surface area contributed by atoms with E-state index in [-0.39, 0.29) is 11.8 Å². The molecule has 0 saturated carbocycles. The van der Waals surface area contributed by atoms with Gasteiger partial charge in [0.25, 0.3) is 0 Å². The first-order chi connectivity index (χ1) is 20.6. The zero-order valence-electron chi connectivity index (χ0n) is 23.9. The van der Waals surface area contributed by atoms with E-state index in [2.05, 4.69) is 32.4 Å². The van der Waals surface area contributed by atoms with Gasteiger partial charge in [0.1, 0.15) is 12.1 Å². The van der Waals surface area contributed by atoms with Crippen molar-refractivity contribution in [1.29, 1.82) is 0 Å². The first-order valence-corrected chi connectivity index (χ1v) is 14.4. The van der Waals surface area contributed by atoms with Gasteiger partial charge in [0.2, 0.25) is 0 Å². The zero-order chi connectivity index (χ0) is 30.8. The van der Waals surface area contributed by atoms with E-state index in [1.807, 2.05) is 66.8 Å². The third kappa shape index (κ3) is 9.58. The van der Waals surface area contributed by atoms with E-state index in [0.717, 1.165) is 35.3 Å². The third-order valence-corrected chi connectivity index (χ3v) is 7.18. The first-order valence-electron chi connectivity index (χ1n) is 13.6. The Hall–Kier alpha value is -4.36. The minimum atomic E-state index is -4.75. The summed E-state index contributed by atoms with van der Waals surface area (Å²) in [5, 5.41) is 10.7. The van der Waals surface area contributed by atoms with E-state index in [0.29, 0.717) is 29.6 Å². The van der Waals surface area contributed by atoms with Crippen LogP contribution in [0.4, 0.5) is 23.7 Å². The standard InChI is InChI=1S/C30H32F3N7O2S/c1-4-22-8-6-7-9-26(22)36-29(43-39(3)5-2)37-28(41)34-19-18-21-10-12-23(13-11-21)27-35-20-40(38-27)24-14-16-25(17-15-24)42-30(31,32)33/h6-17,20H,4-5,18-19H2,1-3H3,(H2,34,36,37,41). The molecule has 4 rings (SSSR count). The van der Waals surface area contributed by atoms with Crippen molar-refractivity contribution in [2.24, 2.45) is 4.99 Å². The molecule has 0 fully saturated rings. The lowest BCUT2D eigenvalue weighted by molar-refractivity contribution is -0.274. The van der Waals surface area contributed by atoms with Crippen molar-refractivity contribution in [1.82, 2.24) is 29.7 Å². The number of halogens is 3. The van der Waals surface area contributed by atoms with Gasteiger partial charge in [-0.3, -0.25) is 5.32 Å². The molecule has 1 aromatic heterocycles. The minimum Gasteiger partial charge on any atom is -0.406 e. The number of urea groups is 1. The quantitative estimate of drug-likeness (QED) is 0.120. The number of benzene rings is 3. The summed E-state index contributed by atoms with van der Waals surface area (Å²) in [6.45, 7) is 5.29. The van der Waals surface area contributed by atoms with Crippen LogP contribution in [0.3, 0.4) is 0 Å². The summed E-state index contributed by atoms with van der Waals surface area (Å²) in [5.41, 5.74) is 4.24. The smallest absolute Gasteiger partial charge is 0.406 e. The summed E-state index contributed by atoms with van der Waals surface area (Å²) in [7, 11) is 1.93. The molecule has 0 aliphatic heterocycles. The normalized spacial score (nSPS) is 11.9. The second-order valence-corrected chi connectivity index (χ2v) is 10.5. The number of ether oxygens (including phenoxy) is 1. The number of carbonyl (C=O) groups excluding carboxylic acids is 1. The second kappa shape index (κ2) is 14.7. The molecule has 2 N–H and O–H groups in total. The van der Waals surface area contributed by atoms with Crippen LogP contribution < -0.4 is 15.4 Å². The molecule has 9 nitrogen and oxygen atoms in total. The molecule has 0 bridgehead atoms.